The molecular weight excluding hydrogens is 494 g/mol. The fourth-order valence-corrected chi connectivity index (χ4v) is 3.58. The van der Waals surface area contributed by atoms with E-state index in [4.69, 9.17) is 21.1 Å². The van der Waals surface area contributed by atoms with Gasteiger partial charge in [-0.05, 0) is 65.4 Å². The fourth-order valence-electron chi connectivity index (χ4n) is 3.46. The lowest BCUT2D eigenvalue weighted by molar-refractivity contribution is -0.120. The summed E-state index contributed by atoms with van der Waals surface area (Å²) >= 11 is 5.90. The third-order valence-corrected chi connectivity index (χ3v) is 5.61. The molecule has 4 aromatic rings. The highest BCUT2D eigenvalue weighted by Gasteiger charge is 2.14. The number of methoxy groups -OCH3 is 1. The van der Waals surface area contributed by atoms with Crippen molar-refractivity contribution in [2.75, 3.05) is 13.7 Å². The average Bonchev–Trinajstić information content (AvgIpc) is 2.93. The number of ether oxygens (including phenoxy) is 2. The van der Waals surface area contributed by atoms with E-state index in [2.05, 4.69) is 15.8 Å². The van der Waals surface area contributed by atoms with E-state index >= 15 is 0 Å². The Morgan fingerprint density at radius 2 is 1.59 bits per heavy atom. The number of halogens is 1. The van der Waals surface area contributed by atoms with E-state index in [1.54, 1.807) is 54.6 Å². The molecule has 2 N–H and O–H groups in total. The number of esters is 1. The molecule has 0 fully saturated rings. The maximum Gasteiger partial charge on any atom is 0.343 e. The minimum Gasteiger partial charge on any atom is -0.497 e. The van der Waals surface area contributed by atoms with Gasteiger partial charge in [0.2, 0.25) is 0 Å². The van der Waals surface area contributed by atoms with Crippen LogP contribution in [-0.4, -0.2) is 37.7 Å². The molecule has 186 valence electrons. The number of hydrogen-bond acceptors (Lipinski definition) is 6. The van der Waals surface area contributed by atoms with Crippen molar-refractivity contribution in [3.8, 4) is 11.5 Å². The van der Waals surface area contributed by atoms with E-state index in [0.717, 1.165) is 10.8 Å². The third kappa shape index (κ3) is 6.50. The lowest BCUT2D eigenvalue weighted by atomic mass is 10.0. The highest BCUT2D eigenvalue weighted by Crippen LogP contribution is 2.27. The molecule has 37 heavy (non-hydrogen) atoms. The molecule has 0 aliphatic heterocycles. The molecule has 0 atom stereocenters. The number of nitrogens with zero attached hydrogens (tertiary/aromatic N) is 1. The maximum absolute atomic E-state index is 12.7. The molecule has 0 saturated heterocycles. The summed E-state index contributed by atoms with van der Waals surface area (Å²) < 4.78 is 10.7. The SMILES string of the molecule is COc1ccc(C(=O)NCC(=O)N/N=C/c2c(OC(=O)c3ccc(Cl)cc3)ccc3ccccc23)cc1. The van der Waals surface area contributed by atoms with Gasteiger partial charge in [-0.25, -0.2) is 10.2 Å². The predicted octanol–water partition coefficient (Wildman–Crippen LogP) is 4.60. The number of amides is 2. The standard InChI is InChI=1S/C28H22ClN3O5/c1-36-22-13-8-19(9-14-22)27(34)30-17-26(33)32-31-16-24-23-5-3-2-4-18(23)10-15-25(24)37-28(35)20-6-11-21(29)12-7-20/h2-16H,17H2,1H3,(H,30,34)(H,32,33)/b31-16+. The zero-order valence-corrected chi connectivity index (χ0v) is 20.5. The van der Waals surface area contributed by atoms with Gasteiger partial charge in [0.05, 0.1) is 25.4 Å². The van der Waals surface area contributed by atoms with Crippen molar-refractivity contribution in [1.29, 1.82) is 0 Å². The molecule has 0 saturated carbocycles. The summed E-state index contributed by atoms with van der Waals surface area (Å²) in [5.74, 6) is -0.614. The van der Waals surface area contributed by atoms with Crippen molar-refractivity contribution in [1.82, 2.24) is 10.7 Å². The van der Waals surface area contributed by atoms with E-state index in [9.17, 15) is 14.4 Å². The summed E-state index contributed by atoms with van der Waals surface area (Å²) in [6.45, 7) is -0.282. The third-order valence-electron chi connectivity index (χ3n) is 5.36. The minimum atomic E-state index is -0.563. The first-order valence-electron chi connectivity index (χ1n) is 11.2. The molecule has 0 heterocycles. The lowest BCUT2D eigenvalue weighted by Crippen LogP contribution is -2.34. The van der Waals surface area contributed by atoms with Gasteiger partial charge in [-0.1, -0.05) is 41.9 Å². The van der Waals surface area contributed by atoms with Crippen molar-refractivity contribution >= 4 is 46.4 Å². The fraction of sp³-hybridized carbons (Fsp3) is 0.0714. The van der Waals surface area contributed by atoms with Gasteiger partial charge < -0.3 is 14.8 Å². The van der Waals surface area contributed by atoms with Crippen molar-refractivity contribution < 1.29 is 23.9 Å². The molecule has 2 amide bonds. The Labute approximate surface area is 217 Å². The van der Waals surface area contributed by atoms with Crippen LogP contribution in [-0.2, 0) is 4.79 Å². The van der Waals surface area contributed by atoms with Crippen molar-refractivity contribution in [3.63, 3.8) is 0 Å². The maximum atomic E-state index is 12.7. The van der Waals surface area contributed by atoms with Gasteiger partial charge >= 0.3 is 5.97 Å². The van der Waals surface area contributed by atoms with Gasteiger partial charge in [0.15, 0.2) is 0 Å². The Hall–Kier alpha value is -4.69. The average molecular weight is 516 g/mol. The number of carbonyl (C=O) groups excluding carboxylic acids is 3. The van der Waals surface area contributed by atoms with Crippen LogP contribution in [0.1, 0.15) is 26.3 Å². The summed E-state index contributed by atoms with van der Waals surface area (Å²) in [4.78, 5) is 37.2. The van der Waals surface area contributed by atoms with Gasteiger partial charge in [-0.2, -0.15) is 5.10 Å². The molecule has 0 aliphatic rings. The second-order valence-electron chi connectivity index (χ2n) is 7.80. The molecule has 0 radical (unpaired) electrons. The van der Waals surface area contributed by atoms with Crippen molar-refractivity contribution in [2.45, 2.75) is 0 Å². The monoisotopic (exact) mass is 515 g/mol. The minimum absolute atomic E-state index is 0.268. The molecule has 0 spiro atoms. The number of hydrogen-bond donors (Lipinski definition) is 2. The second-order valence-corrected chi connectivity index (χ2v) is 8.24. The first-order valence-corrected chi connectivity index (χ1v) is 11.6. The van der Waals surface area contributed by atoms with Crippen LogP contribution in [0.15, 0.2) is 90.0 Å². The van der Waals surface area contributed by atoms with E-state index in [1.165, 1.54) is 13.3 Å². The Morgan fingerprint density at radius 1 is 0.892 bits per heavy atom. The smallest absolute Gasteiger partial charge is 0.343 e. The highest BCUT2D eigenvalue weighted by atomic mass is 35.5. The predicted molar refractivity (Wildman–Crippen MR) is 141 cm³/mol. The van der Waals surface area contributed by atoms with Crippen LogP contribution in [0.25, 0.3) is 10.8 Å². The van der Waals surface area contributed by atoms with Crippen LogP contribution in [0.3, 0.4) is 0 Å². The molecule has 4 rings (SSSR count). The Bertz CT molecular complexity index is 1470. The van der Waals surface area contributed by atoms with Gasteiger partial charge in [-0.3, -0.25) is 9.59 Å². The van der Waals surface area contributed by atoms with Crippen LogP contribution in [0.4, 0.5) is 0 Å². The van der Waals surface area contributed by atoms with Gasteiger partial charge in [0.25, 0.3) is 11.8 Å². The molecule has 0 aliphatic carbocycles. The van der Waals surface area contributed by atoms with E-state index < -0.39 is 17.8 Å². The Kier molecular flexibility index (Phi) is 8.12. The van der Waals surface area contributed by atoms with Gasteiger partial charge in [-0.15, -0.1) is 0 Å². The summed E-state index contributed by atoms with van der Waals surface area (Å²) in [6.07, 6.45) is 1.40. The van der Waals surface area contributed by atoms with Crippen molar-refractivity contribution in [2.24, 2.45) is 5.10 Å². The number of nitrogens with one attached hydrogen (secondary N) is 2. The molecule has 4 aromatic carbocycles. The largest absolute Gasteiger partial charge is 0.497 e. The molecule has 0 aromatic heterocycles. The lowest BCUT2D eigenvalue weighted by Gasteiger charge is -2.11. The van der Waals surface area contributed by atoms with Crippen molar-refractivity contribution in [3.05, 3.63) is 107 Å². The summed E-state index contributed by atoms with van der Waals surface area (Å²) in [7, 11) is 1.53. The molecule has 8 nitrogen and oxygen atoms in total. The van der Waals surface area contributed by atoms with Crippen LogP contribution < -0.4 is 20.2 Å². The van der Waals surface area contributed by atoms with Crippen LogP contribution >= 0.6 is 11.6 Å². The van der Waals surface area contributed by atoms with Crippen LogP contribution in [0.5, 0.6) is 11.5 Å². The zero-order chi connectivity index (χ0) is 26.2. The van der Waals surface area contributed by atoms with Gasteiger partial charge in [0.1, 0.15) is 11.5 Å². The zero-order valence-electron chi connectivity index (χ0n) is 19.7. The molecular formula is C28H22ClN3O5. The van der Waals surface area contributed by atoms with Gasteiger partial charge in [0, 0.05) is 16.1 Å². The number of rotatable bonds is 8. The van der Waals surface area contributed by atoms with E-state index in [1.807, 2.05) is 30.3 Å². The van der Waals surface area contributed by atoms with E-state index in [0.29, 0.717) is 27.5 Å². The second kappa shape index (κ2) is 11.8. The van der Waals surface area contributed by atoms with Crippen LogP contribution in [0.2, 0.25) is 5.02 Å². The van der Waals surface area contributed by atoms with Crippen LogP contribution in [0, 0.1) is 0 Å². The number of carbonyl (C=O) groups is 3. The Morgan fingerprint density at radius 3 is 2.32 bits per heavy atom. The normalized spacial score (nSPS) is 10.8. The summed E-state index contributed by atoms with van der Waals surface area (Å²) in [6, 6.07) is 23.8. The number of fused-ring (bicyclic) bond motifs is 1. The summed E-state index contributed by atoms with van der Waals surface area (Å²) in [5.41, 5.74) is 3.61. The topological polar surface area (TPSA) is 106 Å². The molecule has 0 bridgehead atoms. The van der Waals surface area contributed by atoms with E-state index in [-0.39, 0.29) is 12.3 Å². The summed E-state index contributed by atoms with van der Waals surface area (Å²) in [5, 5.41) is 8.72. The molecule has 9 heteroatoms. The molecule has 0 unspecified atom stereocenters. The number of hydrazone groups is 1. The first-order chi connectivity index (χ1) is 17.9. The number of benzene rings is 4. The Balaban J connectivity index is 1.44. The highest BCUT2D eigenvalue weighted by molar-refractivity contribution is 6.30. The quantitative estimate of drug-likeness (QED) is 0.154. The first kappa shape index (κ1) is 25.4.